The van der Waals surface area contributed by atoms with Gasteiger partial charge in [-0.05, 0) is 37.5 Å². The average Bonchev–Trinajstić information content (AvgIpc) is 3.32. The number of aliphatic hydroxyl groups is 3. The van der Waals surface area contributed by atoms with E-state index in [0.717, 1.165) is 51.9 Å². The van der Waals surface area contributed by atoms with E-state index in [2.05, 4.69) is 49.5 Å². The van der Waals surface area contributed by atoms with E-state index in [4.69, 9.17) is 17.2 Å². The Morgan fingerprint density at radius 3 is 1.45 bits per heavy atom. The highest BCUT2D eigenvalue weighted by Gasteiger charge is 2.36. The van der Waals surface area contributed by atoms with Gasteiger partial charge in [0.15, 0.2) is 0 Å². The Kier molecular flexibility index (Phi) is 28.0. The molecule has 9 atom stereocenters. The van der Waals surface area contributed by atoms with Crippen LogP contribution in [0.1, 0.15) is 122 Å². The summed E-state index contributed by atoms with van der Waals surface area (Å²) < 4.78 is 0. The topological polar surface area (TPSA) is 443 Å². The first-order valence-corrected chi connectivity index (χ1v) is 24.5. The highest BCUT2D eigenvalue weighted by atomic mass is 16.3. The molecule has 1 aromatic carbocycles. The minimum atomic E-state index is -1.91. The van der Waals surface area contributed by atoms with Crippen LogP contribution in [0.2, 0.25) is 0 Å². The lowest BCUT2D eigenvalue weighted by molar-refractivity contribution is -0.137. The molecule has 73 heavy (non-hydrogen) atoms. The molecular formula is C47H75N11O15. The van der Waals surface area contributed by atoms with Crippen molar-refractivity contribution in [2.24, 2.45) is 17.2 Å². The largest absolute Gasteiger partial charge is 0.508 e. The fourth-order valence-corrected chi connectivity index (χ4v) is 7.73. The highest BCUT2D eigenvalue weighted by molar-refractivity contribution is 6.00. The molecule has 0 radical (unpaired) electrons. The van der Waals surface area contributed by atoms with E-state index in [1.165, 1.54) is 30.7 Å². The summed E-state index contributed by atoms with van der Waals surface area (Å²) in [5.41, 5.74) is 16.5. The molecule has 1 saturated heterocycles. The van der Waals surface area contributed by atoms with Crippen LogP contribution >= 0.6 is 0 Å². The summed E-state index contributed by atoms with van der Waals surface area (Å²) in [6.45, 7) is 1.13. The maximum atomic E-state index is 14.1. The second-order valence-electron chi connectivity index (χ2n) is 18.1. The summed E-state index contributed by atoms with van der Waals surface area (Å²) >= 11 is 0. The van der Waals surface area contributed by atoms with Crippen molar-refractivity contribution >= 4 is 65.0 Å². The van der Waals surface area contributed by atoms with Crippen LogP contribution in [0.15, 0.2) is 24.3 Å². The highest BCUT2D eigenvalue weighted by Crippen LogP contribution is 2.15. The van der Waals surface area contributed by atoms with Gasteiger partial charge in [0.25, 0.3) is 0 Å². The molecular weight excluding hydrogens is 959 g/mol. The number of aromatic hydroxyl groups is 1. The predicted octanol–water partition coefficient (Wildman–Crippen LogP) is -4.09. The van der Waals surface area contributed by atoms with E-state index in [1.807, 2.05) is 0 Å². The minimum Gasteiger partial charge on any atom is -0.508 e. The Morgan fingerprint density at radius 1 is 0.534 bits per heavy atom. The van der Waals surface area contributed by atoms with E-state index in [-0.39, 0.29) is 17.7 Å². The molecule has 1 heterocycles. The lowest BCUT2D eigenvalue weighted by Gasteiger charge is -2.28. The Labute approximate surface area is 423 Å². The molecule has 26 nitrogen and oxygen atoms in total. The first-order valence-electron chi connectivity index (χ1n) is 24.5. The van der Waals surface area contributed by atoms with Gasteiger partial charge in [0.1, 0.15) is 48.0 Å². The molecule has 0 aliphatic carbocycles. The molecule has 0 saturated carbocycles. The van der Waals surface area contributed by atoms with Crippen molar-refractivity contribution in [3.63, 3.8) is 0 Å². The van der Waals surface area contributed by atoms with Gasteiger partial charge in [0, 0.05) is 25.3 Å². The van der Waals surface area contributed by atoms with Crippen LogP contribution in [-0.4, -0.2) is 153 Å². The third-order valence-corrected chi connectivity index (χ3v) is 11.8. The summed E-state index contributed by atoms with van der Waals surface area (Å²) in [5, 5.41) is 59.6. The summed E-state index contributed by atoms with van der Waals surface area (Å²) in [6, 6.07) is -8.51. The predicted molar refractivity (Wildman–Crippen MR) is 260 cm³/mol. The second-order valence-corrected chi connectivity index (χ2v) is 18.1. The fourth-order valence-electron chi connectivity index (χ4n) is 7.73. The van der Waals surface area contributed by atoms with Crippen LogP contribution in [0.3, 0.4) is 0 Å². The van der Waals surface area contributed by atoms with Crippen LogP contribution in [0.4, 0.5) is 0 Å². The Balaban J connectivity index is 2.67. The number of primary amides is 3. The van der Waals surface area contributed by atoms with Crippen molar-refractivity contribution in [2.75, 3.05) is 13.2 Å². The molecule has 408 valence electrons. The number of phenols is 1. The number of hydrogen-bond donors (Lipinski definition) is 15. The van der Waals surface area contributed by atoms with Crippen molar-refractivity contribution in [3.8, 4) is 5.75 Å². The molecule has 26 heteroatoms. The van der Waals surface area contributed by atoms with E-state index >= 15 is 0 Å². The molecule has 18 N–H and O–H groups in total. The molecule has 1 aliphatic heterocycles. The maximum Gasteiger partial charge on any atom is 0.245 e. The number of hydrogen-bond acceptors (Lipinski definition) is 15. The van der Waals surface area contributed by atoms with Gasteiger partial charge in [-0.15, -0.1) is 0 Å². The Morgan fingerprint density at radius 2 is 0.959 bits per heavy atom. The first-order chi connectivity index (χ1) is 34.6. The number of rotatable bonds is 23. The first kappa shape index (κ1) is 62.2. The Bertz CT molecular complexity index is 2040. The van der Waals surface area contributed by atoms with Gasteiger partial charge in [-0.1, -0.05) is 83.3 Å². The molecule has 0 spiro atoms. The second kappa shape index (κ2) is 32.9. The normalized spacial score (nSPS) is 23.8. The summed E-state index contributed by atoms with van der Waals surface area (Å²) in [7, 11) is 0. The van der Waals surface area contributed by atoms with Crippen molar-refractivity contribution in [2.45, 2.75) is 177 Å². The number of amides is 11. The van der Waals surface area contributed by atoms with Gasteiger partial charge in [-0.25, -0.2) is 0 Å². The van der Waals surface area contributed by atoms with Gasteiger partial charge in [-0.2, -0.15) is 0 Å². The quantitative estimate of drug-likeness (QED) is 0.0464. The minimum absolute atomic E-state index is 0.179. The number of carbonyl (C=O) groups excluding carboxylic acids is 11. The average molecular weight is 1030 g/mol. The lowest BCUT2D eigenvalue weighted by Crippen LogP contribution is -2.62. The third kappa shape index (κ3) is 23.9. The van der Waals surface area contributed by atoms with Crippen LogP contribution in [0, 0.1) is 0 Å². The molecule has 1 aliphatic rings. The monoisotopic (exact) mass is 1030 g/mol. The van der Waals surface area contributed by atoms with E-state index in [1.54, 1.807) is 0 Å². The van der Waals surface area contributed by atoms with Crippen LogP contribution < -0.4 is 59.7 Å². The zero-order chi connectivity index (χ0) is 54.6. The van der Waals surface area contributed by atoms with Crippen molar-refractivity contribution in [3.05, 3.63) is 29.8 Å². The SMILES string of the molecule is CCCCCCCCCCCCC1CC(=O)N[C@H](CO)C(=O)NC(CCC(N)=O)C(=O)N[C@@H](CC(N)=O)C(=O)N[C@H](Cc2ccc(O)cc2)C(=O)NC(CC(N)=O)C(=O)N[C@H](CO)C(=O)NC([C@@H](C)O)C(=O)N1. The van der Waals surface area contributed by atoms with E-state index in [0.29, 0.717) is 12.8 Å². The number of aliphatic hydroxyl groups excluding tert-OH is 3. The Hall–Kier alpha value is -6.93. The third-order valence-electron chi connectivity index (χ3n) is 11.8. The summed E-state index contributed by atoms with van der Waals surface area (Å²) in [5.74, 6) is -12.6. The number of benzene rings is 1. The lowest BCUT2D eigenvalue weighted by atomic mass is 10.0. The smallest absolute Gasteiger partial charge is 0.245 e. The van der Waals surface area contributed by atoms with E-state index < -0.39 is 171 Å². The zero-order valence-electron chi connectivity index (χ0n) is 41.5. The molecule has 1 fully saturated rings. The van der Waals surface area contributed by atoms with Gasteiger partial charge >= 0.3 is 0 Å². The summed E-state index contributed by atoms with van der Waals surface area (Å²) in [4.78, 5) is 147. The number of unbranched alkanes of at least 4 members (excludes halogenated alkanes) is 9. The summed E-state index contributed by atoms with van der Waals surface area (Å²) in [6.07, 6.45) is 4.45. The number of phenolic OH excluding ortho intramolecular Hbond substituents is 1. The standard InChI is InChI=1S/C47H75N11O15/c1-3-4-5-6-7-8-9-10-11-12-13-28-21-39(66)52-34(24-59)45(71)53-30(18-19-36(48)63)41(67)55-32(22-37(49)64)43(69)54-31(20-27-14-16-29(62)17-15-27)42(68)56-33(23-38(50)65)44(70)57-35(25-60)46(72)58-40(26(2)61)47(73)51-28/h14-17,26,28,30-35,40,59-62H,3-13,18-25H2,1-2H3,(H2,48,63)(H2,49,64)(H2,50,65)(H,51,73)(H,52,66)(H,53,71)(H,54,69)(H,55,67)(H,56,68)(H,57,70)(H,58,72)/t26-,28?,30?,31-,32+,33?,34-,35-,40?/m1/s1. The van der Waals surface area contributed by atoms with E-state index in [9.17, 15) is 73.2 Å². The van der Waals surface area contributed by atoms with Crippen molar-refractivity contribution < 1.29 is 73.2 Å². The number of nitrogens with one attached hydrogen (secondary N) is 8. The molecule has 4 unspecified atom stereocenters. The van der Waals surface area contributed by atoms with Gasteiger partial charge in [0.2, 0.25) is 65.0 Å². The van der Waals surface area contributed by atoms with Crippen LogP contribution in [0.5, 0.6) is 5.75 Å². The molecule has 2 rings (SSSR count). The van der Waals surface area contributed by atoms with Crippen molar-refractivity contribution in [1.82, 2.24) is 42.5 Å². The number of nitrogens with two attached hydrogens (primary N) is 3. The molecule has 1 aromatic rings. The molecule has 0 aromatic heterocycles. The van der Waals surface area contributed by atoms with Crippen molar-refractivity contribution in [1.29, 1.82) is 0 Å². The number of carbonyl (C=O) groups is 11. The van der Waals surface area contributed by atoms with Crippen LogP contribution in [-0.2, 0) is 59.2 Å². The fraction of sp³-hybridized carbons (Fsp3) is 0.638. The van der Waals surface area contributed by atoms with Gasteiger partial charge < -0.3 is 80.2 Å². The van der Waals surface area contributed by atoms with Gasteiger partial charge in [-0.3, -0.25) is 52.7 Å². The van der Waals surface area contributed by atoms with Gasteiger partial charge in [0.05, 0.1) is 32.2 Å². The van der Waals surface area contributed by atoms with Crippen LogP contribution in [0.25, 0.3) is 0 Å². The zero-order valence-corrected chi connectivity index (χ0v) is 41.5. The maximum absolute atomic E-state index is 14.1. The molecule has 0 bridgehead atoms. The molecule has 11 amide bonds.